The van der Waals surface area contributed by atoms with Crippen LogP contribution < -0.4 is 0 Å². The summed E-state index contributed by atoms with van der Waals surface area (Å²) in [6.45, 7) is 4.70. The molecule has 2 rings (SSSR count). The van der Waals surface area contributed by atoms with Crippen molar-refractivity contribution in [2.75, 3.05) is 26.2 Å². The van der Waals surface area contributed by atoms with Gasteiger partial charge in [0.1, 0.15) is 23.0 Å². The molecular weight excluding hydrogens is 241 g/mol. The molecular formula is C7H12INO. The molecule has 0 aromatic carbocycles. The first-order valence-corrected chi connectivity index (χ1v) is 4.74. The third-order valence-electron chi connectivity index (χ3n) is 2.54. The van der Waals surface area contributed by atoms with Gasteiger partial charge in [-0.25, -0.2) is 0 Å². The van der Waals surface area contributed by atoms with Gasteiger partial charge in [-0.3, -0.25) is 0 Å². The summed E-state index contributed by atoms with van der Waals surface area (Å²) >= 11 is 1.96. The van der Waals surface area contributed by atoms with Crippen LogP contribution in [0.1, 0.15) is 6.42 Å². The van der Waals surface area contributed by atoms with E-state index >= 15 is 0 Å². The highest BCUT2D eigenvalue weighted by Crippen LogP contribution is 2.44. The molecule has 10 heavy (non-hydrogen) atoms. The molecule has 1 aliphatic carbocycles. The first kappa shape index (κ1) is 7.31. The number of hydrogen-bond donors (Lipinski definition) is 0. The molecule has 3 heteroatoms. The monoisotopic (exact) mass is 253 g/mol. The van der Waals surface area contributed by atoms with Crippen molar-refractivity contribution in [1.82, 2.24) is 4.90 Å². The van der Waals surface area contributed by atoms with Crippen LogP contribution in [0.3, 0.4) is 0 Å². The lowest BCUT2D eigenvalue weighted by atomic mass is 10.4. The van der Waals surface area contributed by atoms with E-state index in [0.717, 1.165) is 25.0 Å². The smallest absolute Gasteiger partial charge is 0.109 e. The minimum atomic E-state index is 0.889. The lowest BCUT2D eigenvalue weighted by molar-refractivity contribution is 0.259. The summed E-state index contributed by atoms with van der Waals surface area (Å²) in [5.41, 5.74) is 0. The third kappa shape index (κ3) is 1.46. The Morgan fingerprint density at radius 2 is 2.10 bits per heavy atom. The fourth-order valence-corrected chi connectivity index (χ4v) is 2.04. The van der Waals surface area contributed by atoms with Crippen LogP contribution >= 0.6 is 23.0 Å². The molecule has 0 amide bonds. The Kier molecular flexibility index (Phi) is 2.15. The maximum Gasteiger partial charge on any atom is 0.109 e. The summed E-state index contributed by atoms with van der Waals surface area (Å²) in [6.07, 6.45) is 1.50. The molecule has 0 aromatic rings. The first-order chi connectivity index (χ1) is 4.90. The molecule has 58 valence electrons. The first-order valence-electron chi connectivity index (χ1n) is 3.86. The molecule has 1 saturated carbocycles. The average molecular weight is 253 g/mol. The Balaban J connectivity index is 1.66. The number of fused-ring (bicyclic) bond motifs is 1. The van der Waals surface area contributed by atoms with Gasteiger partial charge in [0.25, 0.3) is 0 Å². The number of halogens is 1. The van der Waals surface area contributed by atoms with E-state index in [4.69, 9.17) is 3.07 Å². The van der Waals surface area contributed by atoms with E-state index in [0.29, 0.717) is 0 Å². The number of piperidine rings is 1. The molecule has 2 unspecified atom stereocenters. The van der Waals surface area contributed by atoms with Crippen molar-refractivity contribution in [1.29, 1.82) is 0 Å². The van der Waals surface area contributed by atoms with Crippen molar-refractivity contribution in [3.8, 4) is 0 Å². The van der Waals surface area contributed by atoms with Crippen LogP contribution in [-0.4, -0.2) is 31.1 Å². The highest BCUT2D eigenvalue weighted by Gasteiger charge is 2.44. The van der Waals surface area contributed by atoms with Gasteiger partial charge in [-0.1, -0.05) is 0 Å². The van der Waals surface area contributed by atoms with E-state index in [-0.39, 0.29) is 0 Å². The molecule has 0 aromatic heterocycles. The topological polar surface area (TPSA) is 12.5 Å². The lowest BCUT2D eigenvalue weighted by Crippen LogP contribution is -2.25. The average Bonchev–Trinajstić information content (AvgIpc) is 2.56. The summed E-state index contributed by atoms with van der Waals surface area (Å²) in [5, 5.41) is 0. The number of hydrogen-bond acceptors (Lipinski definition) is 2. The van der Waals surface area contributed by atoms with Crippen LogP contribution in [0.2, 0.25) is 0 Å². The Bertz CT molecular complexity index is 121. The van der Waals surface area contributed by atoms with Gasteiger partial charge in [0.2, 0.25) is 0 Å². The maximum absolute atomic E-state index is 4.98. The molecule has 0 bridgehead atoms. The van der Waals surface area contributed by atoms with Gasteiger partial charge in [-0.05, 0) is 18.3 Å². The molecule has 1 aliphatic heterocycles. The quantitative estimate of drug-likeness (QED) is 0.703. The van der Waals surface area contributed by atoms with Crippen LogP contribution in [-0.2, 0) is 3.07 Å². The molecule has 0 N–H and O–H groups in total. The third-order valence-corrected chi connectivity index (χ3v) is 2.98. The zero-order chi connectivity index (χ0) is 6.97. The van der Waals surface area contributed by atoms with E-state index in [9.17, 15) is 0 Å². The summed E-state index contributed by atoms with van der Waals surface area (Å²) in [4.78, 5) is 2.51. The maximum atomic E-state index is 4.98. The van der Waals surface area contributed by atoms with Crippen molar-refractivity contribution in [2.45, 2.75) is 6.42 Å². The van der Waals surface area contributed by atoms with Crippen molar-refractivity contribution in [2.24, 2.45) is 11.8 Å². The number of rotatable bonds is 3. The molecule has 0 spiro atoms. The van der Waals surface area contributed by atoms with Gasteiger partial charge in [0.05, 0.1) is 6.61 Å². The van der Waals surface area contributed by atoms with E-state index in [1.807, 2.05) is 23.0 Å². The second-order valence-corrected chi connectivity index (χ2v) is 3.95. The van der Waals surface area contributed by atoms with Crippen molar-refractivity contribution < 1.29 is 3.07 Å². The second-order valence-electron chi connectivity index (χ2n) is 3.33. The fourth-order valence-electron chi connectivity index (χ4n) is 1.84. The summed E-state index contributed by atoms with van der Waals surface area (Å²) < 4.78 is 4.98. The molecule has 2 nitrogen and oxygen atoms in total. The van der Waals surface area contributed by atoms with E-state index in [1.165, 1.54) is 19.5 Å². The van der Waals surface area contributed by atoms with Gasteiger partial charge in [0.15, 0.2) is 0 Å². The Morgan fingerprint density at radius 3 is 2.70 bits per heavy atom. The van der Waals surface area contributed by atoms with Crippen LogP contribution in [0.25, 0.3) is 0 Å². The largest absolute Gasteiger partial charge is 0.314 e. The predicted molar refractivity (Wildman–Crippen MR) is 48.0 cm³/mol. The van der Waals surface area contributed by atoms with Crippen LogP contribution in [0.4, 0.5) is 0 Å². The Morgan fingerprint density at radius 1 is 1.40 bits per heavy atom. The molecule has 1 saturated heterocycles. The van der Waals surface area contributed by atoms with Gasteiger partial charge in [-0.15, -0.1) is 0 Å². The van der Waals surface area contributed by atoms with Crippen LogP contribution in [0, 0.1) is 11.8 Å². The van der Waals surface area contributed by atoms with Crippen molar-refractivity contribution >= 4 is 23.0 Å². The van der Waals surface area contributed by atoms with Crippen LogP contribution in [0.5, 0.6) is 0 Å². The summed E-state index contributed by atoms with van der Waals surface area (Å²) in [6, 6.07) is 0. The van der Waals surface area contributed by atoms with E-state index < -0.39 is 0 Å². The molecule has 2 fully saturated rings. The minimum Gasteiger partial charge on any atom is -0.314 e. The summed E-state index contributed by atoms with van der Waals surface area (Å²) in [5.74, 6) is 2.13. The normalized spacial score (nSPS) is 38.1. The molecule has 1 heterocycles. The van der Waals surface area contributed by atoms with Gasteiger partial charge in [-0.2, -0.15) is 0 Å². The number of likely N-dealkylation sites (tertiary alicyclic amines) is 1. The Hall–Kier alpha value is 0.650. The molecule has 2 atom stereocenters. The van der Waals surface area contributed by atoms with Crippen molar-refractivity contribution in [3.05, 3.63) is 0 Å². The zero-order valence-corrected chi connectivity index (χ0v) is 8.08. The Labute approximate surface area is 75.6 Å². The highest BCUT2D eigenvalue weighted by molar-refractivity contribution is 14.1. The fraction of sp³-hybridized carbons (Fsp3) is 1.00. The lowest BCUT2D eigenvalue weighted by Gasteiger charge is -2.15. The minimum absolute atomic E-state index is 0.889. The van der Waals surface area contributed by atoms with E-state index in [2.05, 4.69) is 4.90 Å². The van der Waals surface area contributed by atoms with Gasteiger partial charge >= 0.3 is 0 Å². The predicted octanol–water partition coefficient (Wildman–Crippen LogP) is 1.30. The molecule has 2 aliphatic rings. The SMILES string of the molecule is IOCCN1CC2CC2C1. The number of nitrogens with zero attached hydrogens (tertiary/aromatic N) is 1. The van der Waals surface area contributed by atoms with Crippen LogP contribution in [0.15, 0.2) is 0 Å². The second kappa shape index (κ2) is 2.95. The van der Waals surface area contributed by atoms with E-state index in [1.54, 1.807) is 0 Å². The van der Waals surface area contributed by atoms with Gasteiger partial charge < -0.3 is 7.97 Å². The molecule has 0 radical (unpaired) electrons. The summed E-state index contributed by atoms with van der Waals surface area (Å²) in [7, 11) is 0. The van der Waals surface area contributed by atoms with Gasteiger partial charge in [0, 0.05) is 19.6 Å². The zero-order valence-electron chi connectivity index (χ0n) is 5.92. The van der Waals surface area contributed by atoms with Crippen molar-refractivity contribution in [3.63, 3.8) is 0 Å². The highest BCUT2D eigenvalue weighted by atomic mass is 127. The standard InChI is InChI=1S/C7H12INO/c8-10-2-1-9-4-6-3-7(6)5-9/h6-7H,1-5H2.